The van der Waals surface area contributed by atoms with Gasteiger partial charge in [0.15, 0.2) is 0 Å². The van der Waals surface area contributed by atoms with Crippen LogP contribution in [0.2, 0.25) is 0 Å². The van der Waals surface area contributed by atoms with Gasteiger partial charge in [0, 0.05) is 19.6 Å². The minimum atomic E-state index is -4.25. The number of hydrogen-bond donors (Lipinski definition) is 2. The molecule has 252 valence electrons. The maximum Gasteiger partial charge on any atom is 0.472 e. The predicted molar refractivity (Wildman–Crippen MR) is 174 cm³/mol. The van der Waals surface area contributed by atoms with Crippen LogP contribution in [0.15, 0.2) is 0 Å². The van der Waals surface area contributed by atoms with Gasteiger partial charge < -0.3 is 20.1 Å². The van der Waals surface area contributed by atoms with Crippen molar-refractivity contribution in [1.82, 2.24) is 0 Å². The highest BCUT2D eigenvalue weighted by Crippen LogP contribution is 2.43. The Morgan fingerprint density at radius 1 is 0.619 bits per heavy atom. The molecule has 0 spiro atoms. The molecule has 0 rings (SSSR count). The molecule has 0 aromatic rings. The van der Waals surface area contributed by atoms with Gasteiger partial charge in [-0.2, -0.15) is 0 Å². The van der Waals surface area contributed by atoms with E-state index in [4.69, 9.17) is 24.3 Å². The van der Waals surface area contributed by atoms with E-state index in [1.807, 2.05) is 0 Å². The Kier molecular flexibility index (Phi) is 31.5. The van der Waals surface area contributed by atoms with E-state index in [1.165, 1.54) is 116 Å². The fourth-order valence-electron chi connectivity index (χ4n) is 4.94. The molecule has 2 atom stereocenters. The monoisotopic (exact) mass is 621 g/mol. The number of nitrogens with two attached hydrogens (primary N) is 1. The molecule has 0 saturated carbocycles. The first-order chi connectivity index (χ1) is 20.4. The zero-order chi connectivity index (χ0) is 31.0. The second-order valence-electron chi connectivity index (χ2n) is 11.7. The fraction of sp³-hybridized carbons (Fsp3) is 0.970. The van der Waals surface area contributed by atoms with Gasteiger partial charge in [-0.25, -0.2) is 4.57 Å². The molecule has 3 N–H and O–H groups in total. The van der Waals surface area contributed by atoms with Gasteiger partial charge in [-0.1, -0.05) is 149 Å². The van der Waals surface area contributed by atoms with E-state index in [0.29, 0.717) is 13.0 Å². The topological polar surface area (TPSA) is 117 Å². The van der Waals surface area contributed by atoms with Gasteiger partial charge in [0.25, 0.3) is 0 Å². The number of carbonyl (C=O) groups excluding carboxylic acids is 1. The zero-order valence-electron chi connectivity index (χ0n) is 27.5. The predicted octanol–water partition coefficient (Wildman–Crippen LogP) is 9.41. The highest BCUT2D eigenvalue weighted by molar-refractivity contribution is 7.47. The van der Waals surface area contributed by atoms with Crippen molar-refractivity contribution in [3.63, 3.8) is 0 Å². The summed E-state index contributed by atoms with van der Waals surface area (Å²) in [5.74, 6) is -0.329. The lowest BCUT2D eigenvalue weighted by Gasteiger charge is -2.20. The summed E-state index contributed by atoms with van der Waals surface area (Å²) >= 11 is 0. The second-order valence-corrected chi connectivity index (χ2v) is 13.2. The molecule has 2 unspecified atom stereocenters. The number of carbonyl (C=O) groups is 1. The van der Waals surface area contributed by atoms with Crippen LogP contribution in [0, 0.1) is 0 Å². The third-order valence-electron chi connectivity index (χ3n) is 7.52. The molecule has 0 bridgehead atoms. The summed E-state index contributed by atoms with van der Waals surface area (Å²) in [4.78, 5) is 22.3. The maximum absolute atomic E-state index is 12.5. The lowest BCUT2D eigenvalue weighted by molar-refractivity contribution is -0.154. The largest absolute Gasteiger partial charge is 0.472 e. The molecule has 42 heavy (non-hydrogen) atoms. The van der Waals surface area contributed by atoms with E-state index >= 15 is 0 Å². The lowest BCUT2D eigenvalue weighted by Crippen LogP contribution is -2.28. The van der Waals surface area contributed by atoms with Crippen molar-refractivity contribution in [3.8, 4) is 0 Å². The van der Waals surface area contributed by atoms with Gasteiger partial charge in [0.05, 0.1) is 19.8 Å². The molecule has 0 aliphatic heterocycles. The Hall–Kier alpha value is -0.500. The standard InChI is InChI=1S/C33H68NO7P/c1-3-5-7-9-11-13-14-15-16-17-18-20-22-24-26-33(35)41-32(31-40-42(36,37)39-29-27-34)30-38-28-25-23-21-19-12-10-8-6-4-2/h32H,3-31,34H2,1-2H3,(H,36,37). The SMILES string of the molecule is CCCCCCCCCCCCCCCCC(=O)OC(COCCCCCCCCCCC)COP(=O)(O)OCCN. The van der Waals surface area contributed by atoms with Gasteiger partial charge in [0.2, 0.25) is 0 Å². The Balaban J connectivity index is 4.07. The quantitative estimate of drug-likeness (QED) is 0.0414. The summed E-state index contributed by atoms with van der Waals surface area (Å²) in [6, 6.07) is 0. The lowest BCUT2D eigenvalue weighted by atomic mass is 10.0. The van der Waals surface area contributed by atoms with Crippen LogP contribution in [0.4, 0.5) is 0 Å². The van der Waals surface area contributed by atoms with Crippen LogP contribution in [0.1, 0.15) is 168 Å². The maximum atomic E-state index is 12.5. The van der Waals surface area contributed by atoms with Crippen LogP contribution in [-0.4, -0.2) is 49.9 Å². The summed E-state index contributed by atoms with van der Waals surface area (Å²) in [7, 11) is -4.25. The van der Waals surface area contributed by atoms with Gasteiger partial charge in [-0.15, -0.1) is 0 Å². The zero-order valence-corrected chi connectivity index (χ0v) is 28.4. The number of unbranched alkanes of at least 4 members (excludes halogenated alkanes) is 21. The molecule has 0 aromatic carbocycles. The molecule has 0 aliphatic carbocycles. The Bertz CT molecular complexity index is 623. The van der Waals surface area contributed by atoms with Crippen LogP contribution >= 0.6 is 7.82 Å². The smallest absolute Gasteiger partial charge is 0.457 e. The number of hydrogen-bond acceptors (Lipinski definition) is 7. The second kappa shape index (κ2) is 31.9. The van der Waals surface area contributed by atoms with Crippen LogP contribution in [0.25, 0.3) is 0 Å². The molecule has 0 heterocycles. The molecular weight excluding hydrogens is 553 g/mol. The summed E-state index contributed by atoms with van der Waals surface area (Å²) in [6.45, 7) is 4.93. The molecule has 0 aromatic heterocycles. The van der Waals surface area contributed by atoms with Crippen molar-refractivity contribution in [2.75, 3.05) is 33.0 Å². The van der Waals surface area contributed by atoms with Crippen LogP contribution < -0.4 is 5.73 Å². The average molecular weight is 622 g/mol. The Morgan fingerprint density at radius 2 is 1.05 bits per heavy atom. The van der Waals surface area contributed by atoms with Crippen molar-refractivity contribution < 1.29 is 32.8 Å². The Labute approximate surface area is 259 Å². The third kappa shape index (κ3) is 30.9. The third-order valence-corrected chi connectivity index (χ3v) is 8.51. The molecule has 0 saturated heterocycles. The van der Waals surface area contributed by atoms with Crippen molar-refractivity contribution in [2.45, 2.75) is 174 Å². The highest BCUT2D eigenvalue weighted by Gasteiger charge is 2.25. The molecule has 0 amide bonds. The number of phosphoric ester groups is 1. The van der Waals surface area contributed by atoms with Gasteiger partial charge in [-0.3, -0.25) is 13.8 Å². The average Bonchev–Trinajstić information content (AvgIpc) is 2.97. The first-order valence-corrected chi connectivity index (χ1v) is 19.0. The van der Waals surface area contributed by atoms with Gasteiger partial charge in [-0.05, 0) is 12.8 Å². The van der Waals surface area contributed by atoms with Gasteiger partial charge >= 0.3 is 13.8 Å². The van der Waals surface area contributed by atoms with Crippen LogP contribution in [0.5, 0.6) is 0 Å². The first-order valence-electron chi connectivity index (χ1n) is 17.5. The fourth-order valence-corrected chi connectivity index (χ4v) is 5.70. The van der Waals surface area contributed by atoms with E-state index in [-0.39, 0.29) is 32.3 Å². The van der Waals surface area contributed by atoms with E-state index in [1.54, 1.807) is 0 Å². The molecule has 8 nitrogen and oxygen atoms in total. The van der Waals surface area contributed by atoms with Crippen molar-refractivity contribution in [3.05, 3.63) is 0 Å². The minimum absolute atomic E-state index is 0.0908. The number of ether oxygens (including phenoxy) is 2. The van der Waals surface area contributed by atoms with Crippen molar-refractivity contribution in [1.29, 1.82) is 0 Å². The normalized spacial score (nSPS) is 13.7. The molecular formula is C33H68NO7P. The van der Waals surface area contributed by atoms with Crippen LogP contribution in [-0.2, 0) is 27.9 Å². The number of esters is 1. The summed E-state index contributed by atoms with van der Waals surface area (Å²) < 4.78 is 33.1. The summed E-state index contributed by atoms with van der Waals surface area (Å²) in [6.07, 6.45) is 28.2. The first kappa shape index (κ1) is 41.5. The minimum Gasteiger partial charge on any atom is -0.457 e. The highest BCUT2D eigenvalue weighted by atomic mass is 31.2. The van der Waals surface area contributed by atoms with Crippen molar-refractivity contribution >= 4 is 13.8 Å². The molecule has 9 heteroatoms. The number of phosphoric acid groups is 1. The Morgan fingerprint density at radius 3 is 1.50 bits per heavy atom. The van der Waals surface area contributed by atoms with E-state index in [9.17, 15) is 14.3 Å². The summed E-state index contributed by atoms with van der Waals surface area (Å²) in [5.41, 5.74) is 5.33. The van der Waals surface area contributed by atoms with Gasteiger partial charge in [0.1, 0.15) is 6.10 Å². The van der Waals surface area contributed by atoms with E-state index < -0.39 is 13.9 Å². The molecule has 0 aliphatic rings. The summed E-state index contributed by atoms with van der Waals surface area (Å²) in [5, 5.41) is 0. The molecule has 0 radical (unpaired) electrons. The van der Waals surface area contributed by atoms with E-state index in [2.05, 4.69) is 13.8 Å². The van der Waals surface area contributed by atoms with Crippen molar-refractivity contribution in [2.24, 2.45) is 5.73 Å². The van der Waals surface area contributed by atoms with Crippen LogP contribution in [0.3, 0.4) is 0 Å². The van der Waals surface area contributed by atoms with E-state index in [0.717, 1.165) is 32.1 Å². The molecule has 0 fully saturated rings. The number of rotatable bonds is 34.